The number of carbonyl (C=O) groups is 1. The van der Waals surface area contributed by atoms with Crippen LogP contribution in [-0.4, -0.2) is 40.4 Å². The summed E-state index contributed by atoms with van der Waals surface area (Å²) in [6.45, 7) is 1.83. The molecule has 0 atom stereocenters. The van der Waals surface area contributed by atoms with Gasteiger partial charge < -0.3 is 10.2 Å². The number of benzene rings is 1. The first-order valence-corrected chi connectivity index (χ1v) is 8.13. The van der Waals surface area contributed by atoms with Crippen LogP contribution < -0.4 is 5.32 Å². The van der Waals surface area contributed by atoms with E-state index in [0.29, 0.717) is 17.5 Å². The minimum Gasteiger partial charge on any atom is -0.376 e. The Labute approximate surface area is 140 Å². The molecule has 1 saturated heterocycles. The molecule has 1 aliphatic rings. The minimum absolute atomic E-state index is 0.117. The van der Waals surface area contributed by atoms with Gasteiger partial charge in [0.05, 0.1) is 6.54 Å². The number of nitrogens with one attached hydrogen (secondary N) is 1. The van der Waals surface area contributed by atoms with Crippen LogP contribution >= 0.6 is 11.6 Å². The molecule has 0 radical (unpaired) electrons. The van der Waals surface area contributed by atoms with Gasteiger partial charge in [-0.05, 0) is 37.1 Å². The molecule has 1 aromatic heterocycles. The lowest BCUT2D eigenvalue weighted by molar-refractivity contribution is -0.130. The molecular weight excluding hydrogens is 312 g/mol. The zero-order valence-corrected chi connectivity index (χ0v) is 13.5. The van der Waals surface area contributed by atoms with Gasteiger partial charge in [-0.3, -0.25) is 4.79 Å². The molecule has 0 saturated carbocycles. The van der Waals surface area contributed by atoms with Crippen molar-refractivity contribution < 1.29 is 4.79 Å². The van der Waals surface area contributed by atoms with E-state index in [1.54, 1.807) is 12.5 Å². The smallest absolute Gasteiger partial charge is 0.241 e. The number of hydrogen-bond donors (Lipinski definition) is 1. The Hall–Kier alpha value is -2.14. The van der Waals surface area contributed by atoms with Gasteiger partial charge in [-0.2, -0.15) is 0 Å². The molecule has 3 rings (SSSR count). The standard InChI is InChI=1S/C17H19ClN4O/c18-14-2-1-3-15(10-14)20-11-17(23)22-8-5-13(6-9-22)16-4-7-19-12-21-16/h1-4,7,10,12-13,20H,5-6,8-9,11H2. The molecule has 6 heteroatoms. The highest BCUT2D eigenvalue weighted by molar-refractivity contribution is 6.30. The SMILES string of the molecule is O=C(CNc1cccc(Cl)c1)N1CCC(c2ccncn2)CC1. The molecule has 1 aliphatic heterocycles. The van der Waals surface area contributed by atoms with Gasteiger partial charge in [0.2, 0.25) is 5.91 Å². The Kier molecular flexibility index (Phi) is 5.08. The summed E-state index contributed by atoms with van der Waals surface area (Å²) in [6, 6.07) is 9.36. The Bertz CT molecular complexity index is 657. The molecule has 0 bridgehead atoms. The van der Waals surface area contributed by atoms with E-state index < -0.39 is 0 Å². The monoisotopic (exact) mass is 330 g/mol. The molecular formula is C17H19ClN4O. The zero-order valence-electron chi connectivity index (χ0n) is 12.8. The van der Waals surface area contributed by atoms with Gasteiger partial charge >= 0.3 is 0 Å². The number of piperidine rings is 1. The maximum atomic E-state index is 12.3. The number of hydrogen-bond acceptors (Lipinski definition) is 4. The van der Waals surface area contributed by atoms with Gasteiger partial charge in [0, 0.05) is 41.6 Å². The van der Waals surface area contributed by atoms with Crippen LogP contribution in [-0.2, 0) is 4.79 Å². The normalized spacial score (nSPS) is 15.4. The molecule has 5 nitrogen and oxygen atoms in total. The van der Waals surface area contributed by atoms with Gasteiger partial charge in [-0.15, -0.1) is 0 Å². The van der Waals surface area contributed by atoms with Gasteiger partial charge in [-0.1, -0.05) is 17.7 Å². The van der Waals surface area contributed by atoms with Crippen LogP contribution in [0.1, 0.15) is 24.5 Å². The number of halogens is 1. The molecule has 1 fully saturated rings. The first-order valence-electron chi connectivity index (χ1n) is 7.75. The molecule has 2 heterocycles. The number of nitrogens with zero attached hydrogens (tertiary/aromatic N) is 3. The number of amides is 1. The summed E-state index contributed by atoms with van der Waals surface area (Å²) in [5.74, 6) is 0.536. The van der Waals surface area contributed by atoms with Gasteiger partial charge in [0.1, 0.15) is 6.33 Å². The topological polar surface area (TPSA) is 58.1 Å². The lowest BCUT2D eigenvalue weighted by atomic mass is 9.93. The second-order valence-corrected chi connectivity index (χ2v) is 6.09. The van der Waals surface area contributed by atoms with E-state index in [1.807, 2.05) is 35.2 Å². The molecule has 1 aromatic carbocycles. The van der Waals surface area contributed by atoms with Crippen molar-refractivity contribution in [1.82, 2.24) is 14.9 Å². The van der Waals surface area contributed by atoms with E-state index in [0.717, 1.165) is 37.3 Å². The van der Waals surface area contributed by atoms with Crippen molar-refractivity contribution in [2.24, 2.45) is 0 Å². The fourth-order valence-corrected chi connectivity index (χ4v) is 3.05. The number of likely N-dealkylation sites (tertiary alicyclic amines) is 1. The number of carbonyl (C=O) groups excluding carboxylic acids is 1. The van der Waals surface area contributed by atoms with E-state index in [4.69, 9.17) is 11.6 Å². The van der Waals surface area contributed by atoms with Crippen LogP contribution in [0, 0.1) is 0 Å². The zero-order chi connectivity index (χ0) is 16.1. The van der Waals surface area contributed by atoms with Crippen LogP contribution in [0.4, 0.5) is 5.69 Å². The second-order valence-electron chi connectivity index (χ2n) is 5.65. The summed E-state index contributed by atoms with van der Waals surface area (Å²) in [7, 11) is 0. The van der Waals surface area contributed by atoms with E-state index in [-0.39, 0.29) is 5.91 Å². The summed E-state index contributed by atoms with van der Waals surface area (Å²) >= 11 is 5.94. The highest BCUT2D eigenvalue weighted by atomic mass is 35.5. The predicted octanol–water partition coefficient (Wildman–Crippen LogP) is 2.95. The minimum atomic E-state index is 0.117. The van der Waals surface area contributed by atoms with Crippen molar-refractivity contribution in [3.05, 3.63) is 53.6 Å². The van der Waals surface area contributed by atoms with Crippen LogP contribution in [0.15, 0.2) is 42.9 Å². The molecule has 1 N–H and O–H groups in total. The van der Waals surface area contributed by atoms with Crippen molar-refractivity contribution >= 4 is 23.2 Å². The lowest BCUT2D eigenvalue weighted by Crippen LogP contribution is -2.41. The average Bonchev–Trinajstić information content (AvgIpc) is 2.61. The Morgan fingerprint density at radius 2 is 2.13 bits per heavy atom. The number of rotatable bonds is 4. The van der Waals surface area contributed by atoms with E-state index in [9.17, 15) is 4.79 Å². The molecule has 120 valence electrons. The van der Waals surface area contributed by atoms with Crippen LogP contribution in [0.2, 0.25) is 5.02 Å². The predicted molar refractivity (Wildman–Crippen MR) is 90.5 cm³/mol. The van der Waals surface area contributed by atoms with Crippen molar-refractivity contribution in [3.8, 4) is 0 Å². The first kappa shape index (κ1) is 15.7. The third-order valence-corrected chi connectivity index (χ3v) is 4.37. The van der Waals surface area contributed by atoms with Gasteiger partial charge in [0.25, 0.3) is 0 Å². The highest BCUT2D eigenvalue weighted by Crippen LogP contribution is 2.26. The van der Waals surface area contributed by atoms with Gasteiger partial charge in [-0.25, -0.2) is 9.97 Å². The number of anilines is 1. The Balaban J connectivity index is 1.48. The first-order chi connectivity index (χ1) is 11.2. The summed E-state index contributed by atoms with van der Waals surface area (Å²) in [6.07, 6.45) is 5.25. The highest BCUT2D eigenvalue weighted by Gasteiger charge is 2.24. The van der Waals surface area contributed by atoms with Crippen LogP contribution in [0.3, 0.4) is 0 Å². The fraction of sp³-hybridized carbons (Fsp3) is 0.353. The Morgan fingerprint density at radius 3 is 2.83 bits per heavy atom. The summed E-state index contributed by atoms with van der Waals surface area (Å²) in [5.41, 5.74) is 1.94. The molecule has 0 spiro atoms. The van der Waals surface area contributed by atoms with Crippen molar-refractivity contribution in [1.29, 1.82) is 0 Å². The maximum Gasteiger partial charge on any atom is 0.241 e. The van der Waals surface area contributed by atoms with Crippen molar-refractivity contribution in [3.63, 3.8) is 0 Å². The molecule has 0 aliphatic carbocycles. The molecule has 1 amide bonds. The summed E-state index contributed by atoms with van der Waals surface area (Å²) < 4.78 is 0. The fourth-order valence-electron chi connectivity index (χ4n) is 2.85. The quantitative estimate of drug-likeness (QED) is 0.936. The van der Waals surface area contributed by atoms with E-state index in [1.165, 1.54) is 0 Å². The summed E-state index contributed by atoms with van der Waals surface area (Å²) in [5, 5.41) is 3.79. The van der Waals surface area contributed by atoms with Crippen molar-refractivity contribution in [2.75, 3.05) is 25.0 Å². The molecule has 23 heavy (non-hydrogen) atoms. The molecule has 2 aromatic rings. The largest absolute Gasteiger partial charge is 0.376 e. The Morgan fingerprint density at radius 1 is 1.30 bits per heavy atom. The van der Waals surface area contributed by atoms with E-state index in [2.05, 4.69) is 15.3 Å². The lowest BCUT2D eigenvalue weighted by Gasteiger charge is -2.31. The average molecular weight is 331 g/mol. The maximum absolute atomic E-state index is 12.3. The van der Waals surface area contributed by atoms with E-state index >= 15 is 0 Å². The number of aromatic nitrogens is 2. The third-order valence-electron chi connectivity index (χ3n) is 4.14. The second kappa shape index (κ2) is 7.42. The summed E-state index contributed by atoms with van der Waals surface area (Å²) in [4.78, 5) is 22.5. The van der Waals surface area contributed by atoms with Crippen LogP contribution in [0.5, 0.6) is 0 Å². The third kappa shape index (κ3) is 4.20. The van der Waals surface area contributed by atoms with Gasteiger partial charge in [0.15, 0.2) is 0 Å². The molecule has 0 unspecified atom stereocenters. The van der Waals surface area contributed by atoms with Crippen molar-refractivity contribution in [2.45, 2.75) is 18.8 Å². The van der Waals surface area contributed by atoms with Crippen LogP contribution in [0.25, 0.3) is 0 Å².